The molecule has 3 amide bonds. The van der Waals surface area contributed by atoms with Crippen molar-refractivity contribution in [1.29, 1.82) is 0 Å². The third-order valence-electron chi connectivity index (χ3n) is 3.28. The van der Waals surface area contributed by atoms with Crippen LogP contribution < -0.4 is 16.0 Å². The summed E-state index contributed by atoms with van der Waals surface area (Å²) in [5, 5.41) is 7.43. The van der Waals surface area contributed by atoms with Gasteiger partial charge in [-0.05, 0) is 25.1 Å². The molecule has 2 aromatic carbocycles. The summed E-state index contributed by atoms with van der Waals surface area (Å²) in [5.74, 6) is -1.94. The van der Waals surface area contributed by atoms with Crippen LogP contribution in [0, 0.1) is 11.6 Å². The van der Waals surface area contributed by atoms with Crippen LogP contribution in [0.2, 0.25) is 0 Å². The van der Waals surface area contributed by atoms with E-state index in [1.165, 1.54) is 6.07 Å². The van der Waals surface area contributed by atoms with Crippen molar-refractivity contribution in [3.05, 3.63) is 65.7 Å². The molecule has 0 fully saturated rings. The van der Waals surface area contributed by atoms with E-state index in [4.69, 9.17) is 0 Å². The first-order valence-corrected chi connectivity index (χ1v) is 7.30. The molecular weight excluding hydrogens is 316 g/mol. The van der Waals surface area contributed by atoms with Crippen molar-refractivity contribution in [3.8, 4) is 0 Å². The van der Waals surface area contributed by atoms with Gasteiger partial charge in [-0.1, -0.05) is 24.3 Å². The zero-order valence-electron chi connectivity index (χ0n) is 13.0. The van der Waals surface area contributed by atoms with Crippen LogP contribution >= 0.6 is 0 Å². The quantitative estimate of drug-likeness (QED) is 0.788. The van der Waals surface area contributed by atoms with Crippen LogP contribution in [-0.2, 0) is 4.79 Å². The van der Waals surface area contributed by atoms with Gasteiger partial charge in [-0.2, -0.15) is 0 Å². The topological polar surface area (TPSA) is 70.2 Å². The Labute approximate surface area is 138 Å². The minimum Gasteiger partial charge on any atom is -0.308 e. The molecule has 0 aliphatic carbocycles. The number of para-hydroxylation sites is 1. The Morgan fingerprint density at radius 1 is 1.08 bits per heavy atom. The SMILES string of the molecule is C[C@@H](NCC(=O)NC(=O)Nc1ccccc1)c1ccc(F)cc1F. The molecule has 0 aliphatic heterocycles. The lowest BCUT2D eigenvalue weighted by atomic mass is 10.1. The largest absolute Gasteiger partial charge is 0.325 e. The second-order valence-corrected chi connectivity index (χ2v) is 5.14. The standard InChI is InChI=1S/C17H17F2N3O2/c1-11(14-8-7-12(18)9-15(14)19)20-10-16(23)22-17(24)21-13-5-3-2-4-6-13/h2-9,11,20H,10H2,1H3,(H2,21,22,23,24)/t11-/m1/s1. The van der Waals surface area contributed by atoms with Crippen molar-refractivity contribution in [2.24, 2.45) is 0 Å². The van der Waals surface area contributed by atoms with E-state index in [1.807, 2.05) is 0 Å². The highest BCUT2D eigenvalue weighted by Crippen LogP contribution is 2.17. The summed E-state index contributed by atoms with van der Waals surface area (Å²) in [5.41, 5.74) is 0.787. The zero-order chi connectivity index (χ0) is 17.5. The van der Waals surface area contributed by atoms with Crippen molar-refractivity contribution >= 4 is 17.6 Å². The van der Waals surface area contributed by atoms with Crippen LogP contribution in [0.25, 0.3) is 0 Å². The third kappa shape index (κ3) is 5.13. The number of carbonyl (C=O) groups is 2. The Bertz CT molecular complexity index is 723. The van der Waals surface area contributed by atoms with Crippen LogP contribution in [0.4, 0.5) is 19.3 Å². The molecule has 0 saturated carbocycles. The molecule has 0 aliphatic rings. The number of nitrogens with one attached hydrogen (secondary N) is 3. The van der Waals surface area contributed by atoms with Gasteiger partial charge in [-0.25, -0.2) is 13.6 Å². The van der Waals surface area contributed by atoms with Crippen LogP contribution in [-0.4, -0.2) is 18.5 Å². The maximum atomic E-state index is 13.6. The lowest BCUT2D eigenvalue weighted by molar-refractivity contribution is -0.119. The van der Waals surface area contributed by atoms with Crippen LogP contribution in [0.1, 0.15) is 18.5 Å². The third-order valence-corrected chi connectivity index (χ3v) is 3.28. The molecule has 0 radical (unpaired) electrons. The Kier molecular flexibility index (Phi) is 5.97. The van der Waals surface area contributed by atoms with E-state index < -0.39 is 29.6 Å². The number of urea groups is 1. The molecule has 0 spiro atoms. The highest BCUT2D eigenvalue weighted by Gasteiger charge is 2.14. The van der Waals surface area contributed by atoms with Gasteiger partial charge in [0, 0.05) is 23.4 Å². The molecule has 0 heterocycles. The van der Waals surface area contributed by atoms with Crippen LogP contribution in [0.3, 0.4) is 0 Å². The van der Waals surface area contributed by atoms with E-state index in [9.17, 15) is 18.4 Å². The zero-order valence-corrected chi connectivity index (χ0v) is 13.0. The summed E-state index contributed by atoms with van der Waals surface area (Å²) in [6.45, 7) is 1.44. The van der Waals surface area contributed by atoms with Crippen molar-refractivity contribution in [3.63, 3.8) is 0 Å². The Morgan fingerprint density at radius 2 is 1.79 bits per heavy atom. The van der Waals surface area contributed by atoms with E-state index in [0.29, 0.717) is 5.69 Å². The molecule has 3 N–H and O–H groups in total. The number of anilines is 1. The summed E-state index contributed by atoms with van der Waals surface area (Å²) >= 11 is 0. The second-order valence-electron chi connectivity index (χ2n) is 5.14. The van der Waals surface area contributed by atoms with E-state index >= 15 is 0 Å². The lowest BCUT2D eigenvalue weighted by Gasteiger charge is -2.15. The number of rotatable bonds is 5. The van der Waals surface area contributed by atoms with Gasteiger partial charge in [-0.3, -0.25) is 10.1 Å². The number of hydrogen-bond donors (Lipinski definition) is 3. The molecule has 24 heavy (non-hydrogen) atoms. The monoisotopic (exact) mass is 333 g/mol. The highest BCUT2D eigenvalue weighted by atomic mass is 19.1. The van der Waals surface area contributed by atoms with Gasteiger partial charge >= 0.3 is 6.03 Å². The van der Waals surface area contributed by atoms with Gasteiger partial charge < -0.3 is 10.6 Å². The minimum absolute atomic E-state index is 0.194. The molecule has 0 aromatic heterocycles. The molecule has 1 atom stereocenters. The van der Waals surface area contributed by atoms with E-state index in [2.05, 4.69) is 16.0 Å². The first kappa shape index (κ1) is 17.6. The predicted octanol–water partition coefficient (Wildman–Crippen LogP) is 2.96. The Morgan fingerprint density at radius 3 is 2.46 bits per heavy atom. The van der Waals surface area contributed by atoms with Crippen LogP contribution in [0.5, 0.6) is 0 Å². The van der Waals surface area contributed by atoms with Crippen molar-refractivity contribution in [2.75, 3.05) is 11.9 Å². The second kappa shape index (κ2) is 8.16. The van der Waals surface area contributed by atoms with E-state index in [1.54, 1.807) is 37.3 Å². The summed E-state index contributed by atoms with van der Waals surface area (Å²) in [6.07, 6.45) is 0. The first-order chi connectivity index (χ1) is 11.5. The normalized spacial score (nSPS) is 11.6. The lowest BCUT2D eigenvalue weighted by Crippen LogP contribution is -2.40. The average Bonchev–Trinajstić information content (AvgIpc) is 2.53. The number of amides is 3. The molecule has 0 bridgehead atoms. The van der Waals surface area contributed by atoms with Gasteiger partial charge in [0.1, 0.15) is 11.6 Å². The van der Waals surface area contributed by atoms with E-state index in [-0.39, 0.29) is 12.1 Å². The summed E-state index contributed by atoms with van der Waals surface area (Å²) in [4.78, 5) is 23.4. The average molecular weight is 333 g/mol. The molecular formula is C17H17F2N3O2. The number of benzene rings is 2. The number of carbonyl (C=O) groups excluding carboxylic acids is 2. The Balaban J connectivity index is 1.81. The molecule has 0 saturated heterocycles. The fourth-order valence-corrected chi connectivity index (χ4v) is 2.06. The van der Waals surface area contributed by atoms with Gasteiger partial charge in [0.15, 0.2) is 0 Å². The van der Waals surface area contributed by atoms with E-state index in [0.717, 1.165) is 12.1 Å². The van der Waals surface area contributed by atoms with Crippen molar-refractivity contribution in [2.45, 2.75) is 13.0 Å². The van der Waals surface area contributed by atoms with Crippen LogP contribution in [0.15, 0.2) is 48.5 Å². The minimum atomic E-state index is -0.697. The molecule has 2 aromatic rings. The number of halogens is 2. The summed E-state index contributed by atoms with van der Waals surface area (Å²) in [6, 6.07) is 10.7. The van der Waals surface area contributed by atoms with Gasteiger partial charge in [0.25, 0.3) is 0 Å². The fraction of sp³-hybridized carbons (Fsp3) is 0.176. The van der Waals surface area contributed by atoms with Gasteiger partial charge in [-0.15, -0.1) is 0 Å². The fourth-order valence-electron chi connectivity index (χ4n) is 2.06. The van der Waals surface area contributed by atoms with Crippen molar-refractivity contribution in [1.82, 2.24) is 10.6 Å². The molecule has 0 unspecified atom stereocenters. The van der Waals surface area contributed by atoms with Crippen molar-refractivity contribution < 1.29 is 18.4 Å². The van der Waals surface area contributed by atoms with Gasteiger partial charge in [0.05, 0.1) is 6.54 Å². The smallest absolute Gasteiger partial charge is 0.308 e. The molecule has 126 valence electrons. The summed E-state index contributed by atoms with van der Waals surface area (Å²) in [7, 11) is 0. The summed E-state index contributed by atoms with van der Waals surface area (Å²) < 4.78 is 26.5. The maximum absolute atomic E-state index is 13.6. The molecule has 5 nitrogen and oxygen atoms in total. The van der Waals surface area contributed by atoms with Gasteiger partial charge in [0.2, 0.25) is 5.91 Å². The predicted molar refractivity (Wildman–Crippen MR) is 86.4 cm³/mol. The first-order valence-electron chi connectivity index (χ1n) is 7.30. The molecule has 2 rings (SSSR count). The Hall–Kier alpha value is -2.80. The number of imide groups is 1. The maximum Gasteiger partial charge on any atom is 0.325 e. The number of hydrogen-bond acceptors (Lipinski definition) is 3. The highest BCUT2D eigenvalue weighted by molar-refractivity contribution is 6.01. The molecule has 7 heteroatoms.